The first-order valence-corrected chi connectivity index (χ1v) is 6.45. The van der Waals surface area contributed by atoms with Gasteiger partial charge in [0, 0.05) is 23.1 Å². The normalized spacial score (nSPS) is 13.1. The van der Waals surface area contributed by atoms with Gasteiger partial charge in [-0.1, -0.05) is 24.8 Å². The molecule has 0 bridgehead atoms. The number of nitrogens with one attached hydrogen (secondary N) is 1. The van der Waals surface area contributed by atoms with Gasteiger partial charge in [0.2, 0.25) is 0 Å². The monoisotopic (exact) mass is 261 g/mol. The molecule has 0 saturated heterocycles. The van der Waals surface area contributed by atoms with E-state index in [2.05, 4.69) is 58.8 Å². The molecule has 3 aromatic rings. The Morgan fingerprint density at radius 2 is 2.20 bits per heavy atom. The summed E-state index contributed by atoms with van der Waals surface area (Å²) < 4.78 is 0. The van der Waals surface area contributed by atoms with Crippen LogP contribution in [0.25, 0.3) is 29.1 Å². The van der Waals surface area contributed by atoms with Crippen molar-refractivity contribution in [3.8, 4) is 0 Å². The van der Waals surface area contributed by atoms with Crippen LogP contribution in [0.5, 0.6) is 0 Å². The number of H-pyrrole nitrogens is 1. The number of allylic oxidation sites excluding steroid dienone is 2. The maximum Gasteiger partial charge on any atom is 0.116 e. The Morgan fingerprint density at radius 3 is 3.05 bits per heavy atom. The van der Waals surface area contributed by atoms with Gasteiger partial charge in [-0.05, 0) is 41.6 Å². The first-order chi connectivity index (χ1) is 9.74. The molecule has 1 N–H and O–H groups in total. The van der Waals surface area contributed by atoms with Gasteiger partial charge in [-0.25, -0.2) is 9.97 Å². The molecule has 0 aliphatic heterocycles. The Hall–Kier alpha value is -2.68. The number of fused-ring (bicyclic) bond motifs is 1. The fourth-order valence-corrected chi connectivity index (χ4v) is 2.11. The molecule has 0 spiro atoms. The van der Waals surface area contributed by atoms with Crippen LogP contribution in [0.3, 0.4) is 0 Å². The number of nitrogens with zero attached hydrogens (tertiary/aromatic N) is 2. The quantitative estimate of drug-likeness (QED) is 0.768. The molecule has 2 aromatic heterocycles. The Bertz CT molecular complexity index is 888. The smallest absolute Gasteiger partial charge is 0.116 e. The molecule has 0 radical (unpaired) electrons. The zero-order valence-electron chi connectivity index (χ0n) is 11.3. The minimum Gasteiger partial charge on any atom is -0.361 e. The molecule has 0 saturated carbocycles. The fraction of sp³-hybridized carbons (Fsp3) is 0.0588. The van der Waals surface area contributed by atoms with Crippen molar-refractivity contribution >= 4 is 29.1 Å². The SMILES string of the molecule is C=c1ncnc/c1=C/C=C(\C)c1ccc2[nH]ccc2c1. The molecule has 0 fully saturated rings. The van der Waals surface area contributed by atoms with Crippen LogP contribution in [0.4, 0.5) is 0 Å². The van der Waals surface area contributed by atoms with Crippen molar-refractivity contribution in [2.45, 2.75) is 6.92 Å². The summed E-state index contributed by atoms with van der Waals surface area (Å²) in [6, 6.07) is 8.47. The van der Waals surface area contributed by atoms with E-state index in [9.17, 15) is 0 Å². The number of rotatable bonds is 2. The summed E-state index contributed by atoms with van der Waals surface area (Å²) >= 11 is 0. The Balaban J connectivity index is 2.01. The molecule has 0 amide bonds. The van der Waals surface area contributed by atoms with E-state index >= 15 is 0 Å². The second-order valence-electron chi connectivity index (χ2n) is 4.72. The lowest BCUT2D eigenvalue weighted by Gasteiger charge is -2.00. The van der Waals surface area contributed by atoms with Crippen LogP contribution in [0.15, 0.2) is 49.1 Å². The van der Waals surface area contributed by atoms with Crippen LogP contribution in [-0.2, 0) is 0 Å². The summed E-state index contributed by atoms with van der Waals surface area (Å²) in [5, 5.41) is 2.90. The molecule has 0 atom stereocenters. The highest BCUT2D eigenvalue weighted by Crippen LogP contribution is 2.20. The first-order valence-electron chi connectivity index (χ1n) is 6.45. The summed E-state index contributed by atoms with van der Waals surface area (Å²) in [7, 11) is 0. The molecular formula is C17H15N3. The third kappa shape index (κ3) is 2.38. The van der Waals surface area contributed by atoms with Crippen molar-refractivity contribution in [3.05, 3.63) is 65.2 Å². The van der Waals surface area contributed by atoms with Gasteiger partial charge < -0.3 is 4.98 Å². The standard InChI is InChI=1S/C17H15N3/c1-12(3-4-16-10-18-11-20-13(16)2)14-5-6-17-15(9-14)7-8-19-17/h3-11,19H,2H2,1H3/b12-3+,16-4-. The van der Waals surface area contributed by atoms with Gasteiger partial charge in [-0.3, -0.25) is 0 Å². The maximum absolute atomic E-state index is 4.08. The number of aromatic nitrogens is 3. The Kier molecular flexibility index (Phi) is 3.17. The van der Waals surface area contributed by atoms with E-state index in [-0.39, 0.29) is 0 Å². The lowest BCUT2D eigenvalue weighted by molar-refractivity contribution is 1.10. The molecule has 3 heteroatoms. The molecule has 0 unspecified atom stereocenters. The molecule has 0 aliphatic rings. The number of hydrogen-bond donors (Lipinski definition) is 1. The second-order valence-corrected chi connectivity index (χ2v) is 4.72. The maximum atomic E-state index is 4.08. The summed E-state index contributed by atoms with van der Waals surface area (Å²) in [6.45, 7) is 5.98. The average molecular weight is 261 g/mol. The molecule has 3 nitrogen and oxygen atoms in total. The van der Waals surface area contributed by atoms with Crippen molar-refractivity contribution in [3.63, 3.8) is 0 Å². The van der Waals surface area contributed by atoms with E-state index in [1.807, 2.05) is 12.3 Å². The van der Waals surface area contributed by atoms with E-state index in [0.717, 1.165) is 16.1 Å². The van der Waals surface area contributed by atoms with Crippen molar-refractivity contribution in [1.82, 2.24) is 15.0 Å². The predicted octanol–water partition coefficient (Wildman–Crippen LogP) is 2.25. The van der Waals surface area contributed by atoms with Crippen LogP contribution in [0.2, 0.25) is 0 Å². The topological polar surface area (TPSA) is 41.6 Å². The third-order valence-electron chi connectivity index (χ3n) is 3.35. The Morgan fingerprint density at radius 1 is 1.30 bits per heavy atom. The van der Waals surface area contributed by atoms with E-state index in [1.165, 1.54) is 22.9 Å². The molecule has 20 heavy (non-hydrogen) atoms. The van der Waals surface area contributed by atoms with E-state index in [1.54, 1.807) is 6.20 Å². The average Bonchev–Trinajstić information content (AvgIpc) is 2.93. The van der Waals surface area contributed by atoms with Crippen LogP contribution in [-0.4, -0.2) is 15.0 Å². The minimum atomic E-state index is 0.741. The van der Waals surface area contributed by atoms with Crippen molar-refractivity contribution in [2.24, 2.45) is 0 Å². The zero-order valence-corrected chi connectivity index (χ0v) is 11.3. The lowest BCUT2D eigenvalue weighted by atomic mass is 10.1. The van der Waals surface area contributed by atoms with Gasteiger partial charge in [-0.2, -0.15) is 0 Å². The summed E-state index contributed by atoms with van der Waals surface area (Å²) in [4.78, 5) is 11.3. The highest BCUT2D eigenvalue weighted by Gasteiger charge is 1.98. The summed E-state index contributed by atoms with van der Waals surface area (Å²) in [6.07, 6.45) is 9.31. The van der Waals surface area contributed by atoms with Crippen molar-refractivity contribution in [1.29, 1.82) is 0 Å². The zero-order chi connectivity index (χ0) is 13.9. The summed E-state index contributed by atoms with van der Waals surface area (Å²) in [5.74, 6) is 0. The van der Waals surface area contributed by atoms with Crippen molar-refractivity contribution in [2.75, 3.05) is 0 Å². The van der Waals surface area contributed by atoms with Gasteiger partial charge in [-0.15, -0.1) is 0 Å². The number of aromatic amines is 1. The molecule has 98 valence electrons. The van der Waals surface area contributed by atoms with E-state index < -0.39 is 0 Å². The van der Waals surface area contributed by atoms with Gasteiger partial charge in [0.25, 0.3) is 0 Å². The van der Waals surface area contributed by atoms with E-state index in [0.29, 0.717) is 0 Å². The highest BCUT2D eigenvalue weighted by molar-refractivity contribution is 5.84. The predicted molar refractivity (Wildman–Crippen MR) is 83.2 cm³/mol. The van der Waals surface area contributed by atoms with Gasteiger partial charge in [0.15, 0.2) is 0 Å². The third-order valence-corrected chi connectivity index (χ3v) is 3.35. The lowest BCUT2D eigenvalue weighted by Crippen LogP contribution is -2.26. The summed E-state index contributed by atoms with van der Waals surface area (Å²) in [5.41, 5.74) is 3.55. The molecule has 1 aromatic carbocycles. The first kappa shape index (κ1) is 12.4. The minimum absolute atomic E-state index is 0.741. The second kappa shape index (κ2) is 5.13. The molecule has 2 heterocycles. The molecule has 3 rings (SSSR count). The van der Waals surface area contributed by atoms with Crippen LogP contribution < -0.4 is 10.6 Å². The molecular weight excluding hydrogens is 246 g/mol. The Labute approximate surface area is 117 Å². The largest absolute Gasteiger partial charge is 0.361 e. The number of hydrogen-bond acceptors (Lipinski definition) is 2. The van der Waals surface area contributed by atoms with Crippen LogP contribution in [0, 0.1) is 0 Å². The molecule has 0 aliphatic carbocycles. The van der Waals surface area contributed by atoms with Gasteiger partial charge in [0.05, 0.1) is 5.35 Å². The van der Waals surface area contributed by atoms with Crippen LogP contribution in [0.1, 0.15) is 12.5 Å². The fourth-order valence-electron chi connectivity index (χ4n) is 2.11. The van der Waals surface area contributed by atoms with Crippen LogP contribution >= 0.6 is 0 Å². The van der Waals surface area contributed by atoms with E-state index in [4.69, 9.17) is 0 Å². The highest BCUT2D eigenvalue weighted by atomic mass is 14.8. The van der Waals surface area contributed by atoms with Crippen molar-refractivity contribution < 1.29 is 0 Å². The van der Waals surface area contributed by atoms with Gasteiger partial charge in [0.1, 0.15) is 6.33 Å². The number of benzene rings is 1. The van der Waals surface area contributed by atoms with Gasteiger partial charge >= 0.3 is 0 Å².